The Hall–Kier alpha value is -2.62. The summed E-state index contributed by atoms with van der Waals surface area (Å²) in [5.74, 6) is -0.859. The number of nitrogens with zero attached hydrogens (tertiary/aromatic N) is 2. The van der Waals surface area contributed by atoms with Gasteiger partial charge >= 0.3 is 5.97 Å². The van der Waals surface area contributed by atoms with E-state index in [1.807, 2.05) is 13.8 Å². The van der Waals surface area contributed by atoms with Crippen molar-refractivity contribution in [2.45, 2.75) is 26.3 Å². The largest absolute Gasteiger partial charge is 0.480 e. The zero-order chi connectivity index (χ0) is 15.3. The van der Waals surface area contributed by atoms with Gasteiger partial charge in [-0.2, -0.15) is 5.26 Å². The van der Waals surface area contributed by atoms with Crippen molar-refractivity contribution in [2.75, 3.05) is 5.32 Å². The van der Waals surface area contributed by atoms with E-state index in [9.17, 15) is 14.9 Å². The zero-order valence-corrected chi connectivity index (χ0v) is 11.2. The molecule has 7 heteroatoms. The van der Waals surface area contributed by atoms with Crippen LogP contribution >= 0.6 is 0 Å². The second-order valence-corrected chi connectivity index (χ2v) is 4.77. The summed E-state index contributed by atoms with van der Waals surface area (Å²) in [6.45, 7) is 3.78. The van der Waals surface area contributed by atoms with E-state index >= 15 is 0 Å². The molecule has 1 rings (SSSR count). The van der Waals surface area contributed by atoms with Crippen LogP contribution in [-0.4, -0.2) is 22.0 Å². The molecule has 1 aromatic rings. The lowest BCUT2D eigenvalue weighted by Crippen LogP contribution is -2.30. The van der Waals surface area contributed by atoms with Crippen molar-refractivity contribution in [2.24, 2.45) is 5.92 Å². The van der Waals surface area contributed by atoms with Gasteiger partial charge in [0.05, 0.1) is 4.92 Å². The molecule has 0 bridgehead atoms. The van der Waals surface area contributed by atoms with Crippen molar-refractivity contribution in [1.82, 2.24) is 0 Å². The lowest BCUT2D eigenvalue weighted by molar-refractivity contribution is -0.385. The fourth-order valence-electron chi connectivity index (χ4n) is 1.76. The highest BCUT2D eigenvalue weighted by molar-refractivity contribution is 5.77. The maximum atomic E-state index is 11.1. The first-order valence-corrected chi connectivity index (χ1v) is 6.03. The standard InChI is InChI=1S/C13H15N3O4/c1-8(2)5-11(13(17)18)15-10-4-3-9(7-14)12(6-10)16(19)20/h3-4,6,8,11,15H,5H2,1-2H3,(H,17,18)/t11-/m1/s1. The second-order valence-electron chi connectivity index (χ2n) is 4.77. The van der Waals surface area contributed by atoms with Crippen LogP contribution in [0.4, 0.5) is 11.4 Å². The number of nitriles is 1. The maximum absolute atomic E-state index is 11.1. The van der Waals surface area contributed by atoms with E-state index in [0.29, 0.717) is 12.1 Å². The van der Waals surface area contributed by atoms with Crippen LogP contribution < -0.4 is 5.32 Å². The highest BCUT2D eigenvalue weighted by Crippen LogP contribution is 2.23. The van der Waals surface area contributed by atoms with Gasteiger partial charge in [0.25, 0.3) is 5.69 Å². The summed E-state index contributed by atoms with van der Waals surface area (Å²) in [6, 6.07) is 4.83. The topological polar surface area (TPSA) is 116 Å². The first-order valence-electron chi connectivity index (χ1n) is 6.03. The number of hydrogen-bond acceptors (Lipinski definition) is 5. The molecule has 0 aliphatic heterocycles. The number of nitro groups is 1. The molecule has 0 saturated carbocycles. The third-order valence-corrected chi connectivity index (χ3v) is 2.66. The molecule has 0 fully saturated rings. The first-order chi connectivity index (χ1) is 9.35. The fourth-order valence-corrected chi connectivity index (χ4v) is 1.76. The minimum Gasteiger partial charge on any atom is -0.480 e. The average Bonchev–Trinajstić information content (AvgIpc) is 2.37. The Morgan fingerprint density at radius 1 is 1.55 bits per heavy atom. The molecule has 20 heavy (non-hydrogen) atoms. The third kappa shape index (κ3) is 3.95. The van der Waals surface area contributed by atoms with Crippen molar-refractivity contribution in [3.63, 3.8) is 0 Å². The van der Waals surface area contributed by atoms with Crippen LogP contribution in [0.2, 0.25) is 0 Å². The minimum atomic E-state index is -1.02. The molecule has 1 aromatic carbocycles. The van der Waals surface area contributed by atoms with Gasteiger partial charge in [0.15, 0.2) is 0 Å². The number of anilines is 1. The van der Waals surface area contributed by atoms with E-state index in [0.717, 1.165) is 0 Å². The Bertz CT molecular complexity index is 563. The molecule has 0 aromatic heterocycles. The number of carboxylic acids is 1. The van der Waals surface area contributed by atoms with Gasteiger partial charge in [-0.15, -0.1) is 0 Å². The van der Waals surface area contributed by atoms with E-state index < -0.39 is 16.9 Å². The summed E-state index contributed by atoms with van der Waals surface area (Å²) < 4.78 is 0. The van der Waals surface area contributed by atoms with Crippen LogP contribution in [-0.2, 0) is 4.79 Å². The van der Waals surface area contributed by atoms with Crippen LogP contribution in [0, 0.1) is 27.4 Å². The lowest BCUT2D eigenvalue weighted by Gasteiger charge is -2.17. The van der Waals surface area contributed by atoms with Crippen LogP contribution in [0.3, 0.4) is 0 Å². The fraction of sp³-hybridized carbons (Fsp3) is 0.385. The molecule has 0 spiro atoms. The summed E-state index contributed by atoms with van der Waals surface area (Å²) in [5, 5.41) is 31.5. The molecule has 0 heterocycles. The first kappa shape index (κ1) is 15.4. The molecule has 2 N–H and O–H groups in total. The molecule has 0 radical (unpaired) electrons. The number of nitrogens with one attached hydrogen (secondary N) is 1. The van der Waals surface area contributed by atoms with E-state index in [-0.39, 0.29) is 17.2 Å². The Morgan fingerprint density at radius 2 is 2.20 bits per heavy atom. The quantitative estimate of drug-likeness (QED) is 0.609. The van der Waals surface area contributed by atoms with Gasteiger partial charge in [0.2, 0.25) is 0 Å². The number of rotatable bonds is 6. The Kier molecular flexibility index (Phi) is 5.03. The van der Waals surface area contributed by atoms with Crippen LogP contribution in [0.25, 0.3) is 0 Å². The molecule has 0 aliphatic carbocycles. The highest BCUT2D eigenvalue weighted by atomic mass is 16.6. The molecule has 0 unspecified atom stereocenters. The van der Waals surface area contributed by atoms with Gasteiger partial charge in [0, 0.05) is 11.8 Å². The summed E-state index contributed by atoms with van der Waals surface area (Å²) in [5.41, 5.74) is -0.0915. The number of benzene rings is 1. The predicted molar refractivity (Wildman–Crippen MR) is 72.3 cm³/mol. The maximum Gasteiger partial charge on any atom is 0.326 e. The Balaban J connectivity index is 3.02. The molecule has 106 valence electrons. The van der Waals surface area contributed by atoms with E-state index in [4.69, 9.17) is 10.4 Å². The van der Waals surface area contributed by atoms with Crippen LogP contribution in [0.5, 0.6) is 0 Å². The number of carboxylic acid groups (broad SMARTS) is 1. The van der Waals surface area contributed by atoms with Gasteiger partial charge in [-0.3, -0.25) is 10.1 Å². The van der Waals surface area contributed by atoms with Gasteiger partial charge in [-0.1, -0.05) is 13.8 Å². The SMILES string of the molecule is CC(C)C[C@@H](Nc1ccc(C#N)c([N+](=O)[O-])c1)C(=O)O. The van der Waals surface area contributed by atoms with Crippen molar-refractivity contribution in [3.05, 3.63) is 33.9 Å². The Labute approximate surface area is 116 Å². The molecule has 1 atom stereocenters. The van der Waals surface area contributed by atoms with Gasteiger partial charge in [-0.25, -0.2) is 4.79 Å². The number of hydrogen-bond donors (Lipinski definition) is 2. The summed E-state index contributed by atoms with van der Waals surface area (Å²) in [7, 11) is 0. The average molecular weight is 277 g/mol. The number of nitro benzene ring substituents is 1. The van der Waals surface area contributed by atoms with Crippen LogP contribution in [0.15, 0.2) is 18.2 Å². The molecule has 0 amide bonds. The normalized spacial score (nSPS) is 11.7. The number of aliphatic carboxylic acids is 1. The van der Waals surface area contributed by atoms with E-state index in [1.165, 1.54) is 18.2 Å². The lowest BCUT2D eigenvalue weighted by atomic mass is 10.0. The molecule has 7 nitrogen and oxygen atoms in total. The third-order valence-electron chi connectivity index (χ3n) is 2.66. The van der Waals surface area contributed by atoms with E-state index in [2.05, 4.69) is 5.32 Å². The van der Waals surface area contributed by atoms with Gasteiger partial charge < -0.3 is 10.4 Å². The van der Waals surface area contributed by atoms with Crippen molar-refractivity contribution >= 4 is 17.3 Å². The predicted octanol–water partition coefficient (Wildman–Crippen LogP) is 2.38. The molecule has 0 aliphatic rings. The summed E-state index contributed by atoms with van der Waals surface area (Å²) in [4.78, 5) is 21.3. The van der Waals surface area contributed by atoms with Gasteiger partial charge in [0.1, 0.15) is 17.7 Å². The molecule has 0 saturated heterocycles. The summed E-state index contributed by atoms with van der Waals surface area (Å²) >= 11 is 0. The highest BCUT2D eigenvalue weighted by Gasteiger charge is 2.20. The van der Waals surface area contributed by atoms with Gasteiger partial charge in [-0.05, 0) is 24.5 Å². The van der Waals surface area contributed by atoms with Crippen LogP contribution in [0.1, 0.15) is 25.8 Å². The monoisotopic (exact) mass is 277 g/mol. The zero-order valence-electron chi connectivity index (χ0n) is 11.2. The number of carbonyl (C=O) groups is 1. The second kappa shape index (κ2) is 6.52. The summed E-state index contributed by atoms with van der Waals surface area (Å²) in [6.07, 6.45) is 0.392. The molecular weight excluding hydrogens is 262 g/mol. The smallest absolute Gasteiger partial charge is 0.326 e. The van der Waals surface area contributed by atoms with Crippen molar-refractivity contribution < 1.29 is 14.8 Å². The van der Waals surface area contributed by atoms with E-state index in [1.54, 1.807) is 6.07 Å². The van der Waals surface area contributed by atoms with Crippen molar-refractivity contribution in [3.8, 4) is 6.07 Å². The minimum absolute atomic E-state index is 0.0590. The molecular formula is C13H15N3O4. The Morgan fingerprint density at radius 3 is 2.65 bits per heavy atom. The van der Waals surface area contributed by atoms with Crippen molar-refractivity contribution in [1.29, 1.82) is 5.26 Å².